The highest BCUT2D eigenvalue weighted by molar-refractivity contribution is 9.11. The molecule has 24 heavy (non-hydrogen) atoms. The van der Waals surface area contributed by atoms with Gasteiger partial charge in [0, 0.05) is 5.75 Å². The molecule has 126 valence electrons. The highest BCUT2D eigenvalue weighted by atomic mass is 79.9. The van der Waals surface area contributed by atoms with Gasteiger partial charge in [-0.15, -0.1) is 11.3 Å². The summed E-state index contributed by atoms with van der Waals surface area (Å²) in [6.07, 6.45) is 0. The molecule has 0 fully saturated rings. The Balaban J connectivity index is 1.91. The van der Waals surface area contributed by atoms with Gasteiger partial charge in [-0.3, -0.25) is 0 Å². The van der Waals surface area contributed by atoms with Crippen LogP contribution in [0.3, 0.4) is 0 Å². The van der Waals surface area contributed by atoms with Crippen LogP contribution < -0.4 is 5.32 Å². The number of fused-ring (bicyclic) bond motifs is 1. The minimum Gasteiger partial charge on any atom is -0.394 e. The minimum absolute atomic E-state index is 0.00492. The van der Waals surface area contributed by atoms with Gasteiger partial charge in [-0.2, -0.15) is 0 Å². The van der Waals surface area contributed by atoms with Gasteiger partial charge in [0.2, 0.25) is 0 Å². The number of hydrogen-bond acceptors (Lipinski definition) is 7. The molecule has 0 amide bonds. The molecule has 0 saturated heterocycles. The van der Waals surface area contributed by atoms with Crippen LogP contribution in [0.1, 0.15) is 19.4 Å². The largest absolute Gasteiger partial charge is 0.394 e. The van der Waals surface area contributed by atoms with Crippen molar-refractivity contribution in [2.24, 2.45) is 0 Å². The van der Waals surface area contributed by atoms with E-state index in [0.717, 1.165) is 14.4 Å². The number of aliphatic hydroxyl groups excluding tert-OH is 1. The lowest BCUT2D eigenvalue weighted by Gasteiger charge is -2.24. The lowest BCUT2D eigenvalue weighted by molar-refractivity contribution is 0.234. The average molecular weight is 425 g/mol. The van der Waals surface area contributed by atoms with E-state index >= 15 is 0 Å². The molecule has 0 aliphatic rings. The summed E-state index contributed by atoms with van der Waals surface area (Å²) >= 11 is 6.46. The molecular weight excluding hydrogens is 408 g/mol. The Labute approximate surface area is 157 Å². The van der Waals surface area contributed by atoms with Gasteiger partial charge in [-0.25, -0.2) is 15.0 Å². The van der Waals surface area contributed by atoms with Crippen LogP contribution in [0.15, 0.2) is 39.4 Å². The third-order valence-corrected chi connectivity index (χ3v) is 5.69. The number of thioether (sulfide) groups is 1. The zero-order valence-electron chi connectivity index (χ0n) is 13.3. The van der Waals surface area contributed by atoms with Crippen LogP contribution in [-0.4, -0.2) is 32.2 Å². The molecule has 0 aliphatic carbocycles. The number of benzene rings is 1. The molecule has 1 aromatic carbocycles. The van der Waals surface area contributed by atoms with E-state index in [0.29, 0.717) is 16.6 Å². The second-order valence-electron chi connectivity index (χ2n) is 5.92. The molecule has 5 nitrogen and oxygen atoms in total. The van der Waals surface area contributed by atoms with Crippen molar-refractivity contribution in [3.05, 3.63) is 39.8 Å². The molecule has 0 spiro atoms. The summed E-state index contributed by atoms with van der Waals surface area (Å²) in [5, 5.41) is 13.5. The van der Waals surface area contributed by atoms with Crippen LogP contribution in [0.4, 0.5) is 5.82 Å². The molecule has 0 aliphatic heterocycles. The first-order chi connectivity index (χ1) is 11.5. The second-order valence-corrected chi connectivity index (χ2v) is 9.13. The van der Waals surface area contributed by atoms with E-state index in [1.54, 1.807) is 11.8 Å². The van der Waals surface area contributed by atoms with Gasteiger partial charge < -0.3 is 10.4 Å². The summed E-state index contributed by atoms with van der Waals surface area (Å²) in [5.41, 5.74) is 1.41. The smallest absolute Gasteiger partial charge is 0.191 e. The summed E-state index contributed by atoms with van der Waals surface area (Å²) in [6.45, 7) is 3.85. The van der Waals surface area contributed by atoms with Gasteiger partial charge in [-0.1, -0.05) is 42.1 Å². The standard InChI is InChI=1S/C16H17BrN4OS2/c1-16(2,9-22)21-13-11-12(18-14(17)24-11)19-15(20-13)23-8-10-6-4-3-5-7-10/h3-7,22H,8-9H2,1-2H3,(H,19,20,21). The predicted octanol–water partition coefficient (Wildman–Crippen LogP) is 4.32. The number of anilines is 1. The van der Waals surface area contributed by atoms with E-state index in [1.165, 1.54) is 16.9 Å². The third-order valence-electron chi connectivity index (χ3n) is 3.27. The highest BCUT2D eigenvalue weighted by Crippen LogP contribution is 2.33. The Morgan fingerprint density at radius 2 is 1.96 bits per heavy atom. The normalized spacial score (nSPS) is 11.8. The van der Waals surface area contributed by atoms with Gasteiger partial charge in [-0.05, 0) is 35.3 Å². The Kier molecular flexibility index (Phi) is 5.39. The number of halogens is 1. The molecule has 2 aromatic heterocycles. The number of nitrogens with zero attached hydrogens (tertiary/aromatic N) is 3. The SMILES string of the molecule is CC(C)(CO)Nc1nc(SCc2ccccc2)nc2nc(Br)sc12. The molecule has 0 unspecified atom stereocenters. The molecule has 3 rings (SSSR count). The van der Waals surface area contributed by atoms with E-state index in [2.05, 4.69) is 48.3 Å². The molecule has 2 N–H and O–H groups in total. The first-order valence-electron chi connectivity index (χ1n) is 7.37. The molecule has 0 atom stereocenters. The highest BCUT2D eigenvalue weighted by Gasteiger charge is 2.21. The number of aromatic nitrogens is 3. The number of nitrogens with one attached hydrogen (secondary N) is 1. The fraction of sp³-hybridized carbons (Fsp3) is 0.312. The third kappa shape index (κ3) is 4.24. The fourth-order valence-corrected chi connectivity index (χ4v) is 4.14. The van der Waals surface area contributed by atoms with Crippen LogP contribution in [0.25, 0.3) is 10.3 Å². The molecule has 0 radical (unpaired) electrons. The van der Waals surface area contributed by atoms with Gasteiger partial charge in [0.05, 0.1) is 12.1 Å². The number of thiazole rings is 1. The Hall–Kier alpha value is -1.22. The quantitative estimate of drug-likeness (QED) is 0.453. The maximum Gasteiger partial charge on any atom is 0.191 e. The number of rotatable bonds is 6. The summed E-state index contributed by atoms with van der Waals surface area (Å²) in [7, 11) is 0. The zero-order chi connectivity index (χ0) is 17.2. The van der Waals surface area contributed by atoms with Crippen molar-refractivity contribution in [1.82, 2.24) is 15.0 Å². The minimum atomic E-state index is -0.473. The maximum absolute atomic E-state index is 9.52. The van der Waals surface area contributed by atoms with Crippen LogP contribution in [-0.2, 0) is 5.75 Å². The van der Waals surface area contributed by atoms with Crippen molar-refractivity contribution in [2.45, 2.75) is 30.3 Å². The van der Waals surface area contributed by atoms with E-state index in [1.807, 2.05) is 32.0 Å². The van der Waals surface area contributed by atoms with E-state index in [4.69, 9.17) is 0 Å². The van der Waals surface area contributed by atoms with Gasteiger partial charge >= 0.3 is 0 Å². The van der Waals surface area contributed by atoms with E-state index in [9.17, 15) is 5.11 Å². The summed E-state index contributed by atoms with van der Waals surface area (Å²) in [6, 6.07) is 10.2. The van der Waals surface area contributed by atoms with Crippen LogP contribution in [0, 0.1) is 0 Å². The molecule has 3 aromatic rings. The van der Waals surface area contributed by atoms with Crippen LogP contribution in [0.5, 0.6) is 0 Å². The van der Waals surface area contributed by atoms with Crippen molar-refractivity contribution in [3.8, 4) is 0 Å². The second kappa shape index (κ2) is 7.35. The van der Waals surface area contributed by atoms with Gasteiger partial charge in [0.1, 0.15) is 4.70 Å². The van der Waals surface area contributed by atoms with Crippen LogP contribution in [0.2, 0.25) is 0 Å². The zero-order valence-corrected chi connectivity index (χ0v) is 16.5. The molecule has 0 bridgehead atoms. The van der Waals surface area contributed by atoms with Crippen molar-refractivity contribution >= 4 is 55.2 Å². The summed E-state index contributed by atoms with van der Waals surface area (Å²) in [5.74, 6) is 1.50. The van der Waals surface area contributed by atoms with Crippen molar-refractivity contribution < 1.29 is 5.11 Å². The molecule has 2 heterocycles. The maximum atomic E-state index is 9.52. The van der Waals surface area contributed by atoms with Gasteiger partial charge in [0.25, 0.3) is 0 Å². The van der Waals surface area contributed by atoms with Gasteiger partial charge in [0.15, 0.2) is 20.5 Å². The van der Waals surface area contributed by atoms with E-state index in [-0.39, 0.29) is 6.61 Å². The van der Waals surface area contributed by atoms with Crippen molar-refractivity contribution in [2.75, 3.05) is 11.9 Å². The molecular formula is C16H17BrN4OS2. The predicted molar refractivity (Wildman–Crippen MR) is 104 cm³/mol. The number of aliphatic hydroxyl groups is 1. The monoisotopic (exact) mass is 424 g/mol. The van der Waals surface area contributed by atoms with E-state index < -0.39 is 5.54 Å². The summed E-state index contributed by atoms with van der Waals surface area (Å²) in [4.78, 5) is 13.6. The average Bonchev–Trinajstić information content (AvgIpc) is 2.94. The van der Waals surface area contributed by atoms with Crippen molar-refractivity contribution in [1.29, 1.82) is 0 Å². The Bertz CT molecular complexity index is 839. The number of hydrogen-bond donors (Lipinski definition) is 2. The fourth-order valence-electron chi connectivity index (χ4n) is 2.01. The first-order valence-corrected chi connectivity index (χ1v) is 9.96. The van der Waals surface area contributed by atoms with Crippen LogP contribution >= 0.6 is 39.0 Å². The Morgan fingerprint density at radius 3 is 2.67 bits per heavy atom. The molecule has 0 saturated carbocycles. The lowest BCUT2D eigenvalue weighted by Crippen LogP contribution is -2.35. The topological polar surface area (TPSA) is 70.9 Å². The van der Waals surface area contributed by atoms with Crippen molar-refractivity contribution in [3.63, 3.8) is 0 Å². The summed E-state index contributed by atoms with van der Waals surface area (Å²) < 4.78 is 1.65. The Morgan fingerprint density at radius 1 is 1.21 bits per heavy atom. The molecule has 8 heteroatoms. The lowest BCUT2D eigenvalue weighted by atomic mass is 10.1. The first kappa shape index (κ1) is 17.6.